The van der Waals surface area contributed by atoms with Crippen LogP contribution >= 0.6 is 46.4 Å². The van der Waals surface area contributed by atoms with Gasteiger partial charge >= 0.3 is 0 Å². The van der Waals surface area contributed by atoms with Crippen LogP contribution < -0.4 is 5.32 Å². The van der Waals surface area contributed by atoms with E-state index < -0.39 is 0 Å². The van der Waals surface area contributed by atoms with Gasteiger partial charge in [0.1, 0.15) is 0 Å². The van der Waals surface area contributed by atoms with Crippen molar-refractivity contribution in [2.24, 2.45) is 0 Å². The molecule has 0 aliphatic heterocycles. The smallest absolute Gasteiger partial charge is 0.0762 e. The predicted molar refractivity (Wildman–Crippen MR) is 76.2 cm³/mol. The van der Waals surface area contributed by atoms with E-state index in [0.717, 1.165) is 5.69 Å². The van der Waals surface area contributed by atoms with E-state index in [-0.39, 0.29) is 0 Å². The van der Waals surface area contributed by atoms with Crippen molar-refractivity contribution in [3.05, 3.63) is 56.5 Å². The third-order valence-electron chi connectivity index (χ3n) is 2.09. The maximum absolute atomic E-state index is 6.05. The predicted octanol–water partition coefficient (Wildman–Crippen LogP) is 6.04. The molecule has 0 radical (unpaired) electrons. The van der Waals surface area contributed by atoms with Gasteiger partial charge in [0.05, 0.1) is 15.7 Å². The van der Waals surface area contributed by atoms with Crippen molar-refractivity contribution in [1.29, 1.82) is 0 Å². The van der Waals surface area contributed by atoms with Crippen molar-refractivity contribution in [3.8, 4) is 0 Å². The topological polar surface area (TPSA) is 12.0 Å². The van der Waals surface area contributed by atoms with Crippen LogP contribution in [0.2, 0.25) is 20.1 Å². The standard InChI is InChI=1S/C12H7Cl4N/c13-7-4-8(14)6-9(5-7)17-12-10(15)2-1-3-11(12)16/h1-6,17H. The summed E-state index contributed by atoms with van der Waals surface area (Å²) in [4.78, 5) is 0. The van der Waals surface area contributed by atoms with E-state index in [1.54, 1.807) is 36.4 Å². The highest BCUT2D eigenvalue weighted by Gasteiger charge is 2.06. The number of hydrogen-bond acceptors (Lipinski definition) is 1. The minimum atomic E-state index is 0.536. The Kier molecular flexibility index (Phi) is 4.05. The quantitative estimate of drug-likeness (QED) is 0.712. The first-order valence-corrected chi connectivity index (χ1v) is 6.24. The van der Waals surface area contributed by atoms with E-state index in [1.165, 1.54) is 0 Å². The van der Waals surface area contributed by atoms with Crippen molar-refractivity contribution in [2.45, 2.75) is 0 Å². The molecule has 0 heterocycles. The fourth-order valence-electron chi connectivity index (χ4n) is 1.39. The van der Waals surface area contributed by atoms with Crippen molar-refractivity contribution in [2.75, 3.05) is 5.32 Å². The molecule has 0 aliphatic rings. The third kappa shape index (κ3) is 3.20. The maximum atomic E-state index is 6.05. The van der Waals surface area contributed by atoms with Crippen LogP contribution in [-0.4, -0.2) is 0 Å². The summed E-state index contributed by atoms with van der Waals surface area (Å²) in [5.74, 6) is 0. The molecule has 0 unspecified atom stereocenters. The first-order chi connectivity index (χ1) is 8.06. The summed E-state index contributed by atoms with van der Waals surface area (Å²) in [7, 11) is 0. The highest BCUT2D eigenvalue weighted by Crippen LogP contribution is 2.34. The normalized spacial score (nSPS) is 10.4. The summed E-state index contributed by atoms with van der Waals surface area (Å²) in [5, 5.41) is 5.25. The average Bonchev–Trinajstić information content (AvgIpc) is 2.22. The molecular formula is C12H7Cl4N. The van der Waals surface area contributed by atoms with Gasteiger partial charge in [-0.15, -0.1) is 0 Å². The Morgan fingerprint density at radius 2 is 1.29 bits per heavy atom. The second-order valence-corrected chi connectivity index (χ2v) is 5.07. The minimum Gasteiger partial charge on any atom is -0.353 e. The Morgan fingerprint density at radius 3 is 1.82 bits per heavy atom. The Bertz CT molecular complexity index is 514. The number of nitrogens with one attached hydrogen (secondary N) is 1. The molecular weight excluding hydrogens is 300 g/mol. The lowest BCUT2D eigenvalue weighted by Gasteiger charge is -2.10. The lowest BCUT2D eigenvalue weighted by Crippen LogP contribution is -1.92. The number of anilines is 2. The second-order valence-electron chi connectivity index (χ2n) is 3.38. The van der Waals surface area contributed by atoms with Crippen LogP contribution in [-0.2, 0) is 0 Å². The molecule has 0 amide bonds. The van der Waals surface area contributed by atoms with Gasteiger partial charge in [0.2, 0.25) is 0 Å². The summed E-state index contributed by atoms with van der Waals surface area (Å²) < 4.78 is 0. The Balaban J connectivity index is 2.38. The Morgan fingerprint density at radius 1 is 0.765 bits per heavy atom. The van der Waals surface area contributed by atoms with E-state index in [0.29, 0.717) is 25.8 Å². The highest BCUT2D eigenvalue weighted by molar-refractivity contribution is 6.39. The van der Waals surface area contributed by atoms with E-state index in [2.05, 4.69) is 5.32 Å². The van der Waals surface area contributed by atoms with Crippen LogP contribution in [0.3, 0.4) is 0 Å². The van der Waals surface area contributed by atoms with Crippen LogP contribution in [0.4, 0.5) is 11.4 Å². The van der Waals surface area contributed by atoms with Gasteiger partial charge < -0.3 is 5.32 Å². The van der Waals surface area contributed by atoms with Gasteiger partial charge in [0, 0.05) is 15.7 Å². The number of benzene rings is 2. The Hall–Kier alpha value is -0.600. The molecule has 0 aliphatic carbocycles. The molecule has 0 spiro atoms. The van der Waals surface area contributed by atoms with E-state index in [1.807, 2.05) is 0 Å². The first kappa shape index (κ1) is 12.8. The molecule has 0 aromatic heterocycles. The molecule has 1 nitrogen and oxygen atoms in total. The number of halogens is 4. The summed E-state index contributed by atoms with van der Waals surface area (Å²) in [6.07, 6.45) is 0. The molecule has 2 rings (SSSR count). The van der Waals surface area contributed by atoms with Gasteiger partial charge in [-0.25, -0.2) is 0 Å². The maximum Gasteiger partial charge on any atom is 0.0762 e. The lowest BCUT2D eigenvalue weighted by molar-refractivity contribution is 1.55. The van der Waals surface area contributed by atoms with Crippen molar-refractivity contribution < 1.29 is 0 Å². The SMILES string of the molecule is Clc1cc(Cl)cc(Nc2c(Cl)cccc2Cl)c1. The fraction of sp³-hybridized carbons (Fsp3) is 0. The van der Waals surface area contributed by atoms with Gasteiger partial charge in [0.15, 0.2) is 0 Å². The zero-order chi connectivity index (χ0) is 12.4. The summed E-state index contributed by atoms with van der Waals surface area (Å²) >= 11 is 23.9. The molecule has 17 heavy (non-hydrogen) atoms. The summed E-state index contributed by atoms with van der Waals surface area (Å²) in [5.41, 5.74) is 1.37. The monoisotopic (exact) mass is 305 g/mol. The average molecular weight is 307 g/mol. The first-order valence-electron chi connectivity index (χ1n) is 4.73. The molecule has 2 aromatic carbocycles. The van der Waals surface area contributed by atoms with E-state index in [9.17, 15) is 0 Å². The van der Waals surface area contributed by atoms with Gasteiger partial charge in [-0.3, -0.25) is 0 Å². The van der Waals surface area contributed by atoms with Gasteiger partial charge in [0.25, 0.3) is 0 Å². The molecule has 0 saturated carbocycles. The highest BCUT2D eigenvalue weighted by atomic mass is 35.5. The van der Waals surface area contributed by atoms with Crippen molar-refractivity contribution >= 4 is 57.8 Å². The molecule has 88 valence electrons. The molecule has 2 aromatic rings. The molecule has 0 saturated heterocycles. The van der Waals surface area contributed by atoms with Crippen molar-refractivity contribution in [1.82, 2.24) is 0 Å². The largest absolute Gasteiger partial charge is 0.353 e. The van der Waals surface area contributed by atoms with E-state index >= 15 is 0 Å². The zero-order valence-corrected chi connectivity index (χ0v) is 11.5. The van der Waals surface area contributed by atoms with Gasteiger partial charge in [-0.05, 0) is 30.3 Å². The fourth-order valence-corrected chi connectivity index (χ4v) is 2.41. The Labute approximate surface area is 119 Å². The summed E-state index contributed by atoms with van der Waals surface area (Å²) in [6.45, 7) is 0. The van der Waals surface area contributed by atoms with Crippen LogP contribution in [0.5, 0.6) is 0 Å². The second kappa shape index (κ2) is 5.36. The van der Waals surface area contributed by atoms with Crippen LogP contribution in [0, 0.1) is 0 Å². The van der Waals surface area contributed by atoms with Gasteiger partial charge in [-0.2, -0.15) is 0 Å². The molecule has 5 heteroatoms. The van der Waals surface area contributed by atoms with Crippen LogP contribution in [0.15, 0.2) is 36.4 Å². The number of para-hydroxylation sites is 1. The third-order valence-corrected chi connectivity index (χ3v) is 3.16. The van der Waals surface area contributed by atoms with Gasteiger partial charge in [-0.1, -0.05) is 52.5 Å². The number of hydrogen-bond donors (Lipinski definition) is 1. The molecule has 0 fully saturated rings. The summed E-state index contributed by atoms with van der Waals surface area (Å²) in [6, 6.07) is 10.4. The minimum absolute atomic E-state index is 0.536. The molecule has 0 atom stereocenters. The lowest BCUT2D eigenvalue weighted by atomic mass is 10.2. The molecule has 0 bridgehead atoms. The van der Waals surface area contributed by atoms with Crippen LogP contribution in [0.1, 0.15) is 0 Å². The number of rotatable bonds is 2. The molecule has 1 N–H and O–H groups in total. The van der Waals surface area contributed by atoms with Crippen molar-refractivity contribution in [3.63, 3.8) is 0 Å². The zero-order valence-electron chi connectivity index (χ0n) is 8.48. The van der Waals surface area contributed by atoms with Crippen LogP contribution in [0.25, 0.3) is 0 Å². The van der Waals surface area contributed by atoms with E-state index in [4.69, 9.17) is 46.4 Å².